The minimum Gasteiger partial charge on any atom is -0.731 e. The van der Waals surface area contributed by atoms with Crippen molar-refractivity contribution >= 4 is 39.0 Å². The first-order valence-corrected chi connectivity index (χ1v) is 8.88. The molecule has 1 heterocycles. The molecule has 12 heteroatoms. The predicted molar refractivity (Wildman–Crippen MR) is 82.5 cm³/mol. The van der Waals surface area contributed by atoms with Gasteiger partial charge < -0.3 is 14.6 Å². The molecule has 1 fully saturated rings. The van der Waals surface area contributed by atoms with Crippen molar-refractivity contribution < 1.29 is 61.6 Å². The molecular formula is C13H13N2NaO7S2. The quantitative estimate of drug-likeness (QED) is 0.297. The summed E-state index contributed by atoms with van der Waals surface area (Å²) in [5.74, 6) is -1.34. The number of nitrogens with one attached hydrogen (secondary N) is 1. The van der Waals surface area contributed by atoms with Crippen molar-refractivity contribution in [3.05, 3.63) is 30.3 Å². The molecule has 0 radical (unpaired) electrons. The first-order chi connectivity index (χ1) is 11.2. The van der Waals surface area contributed by atoms with Gasteiger partial charge >= 0.3 is 29.6 Å². The first-order valence-electron chi connectivity index (χ1n) is 6.63. The molecule has 1 aromatic carbocycles. The Morgan fingerprint density at radius 2 is 1.92 bits per heavy atom. The van der Waals surface area contributed by atoms with E-state index in [2.05, 4.69) is 5.32 Å². The summed E-state index contributed by atoms with van der Waals surface area (Å²) >= 11 is 0.476. The molecule has 9 nitrogen and oxygen atoms in total. The number of ether oxygens (including phenoxy) is 1. The monoisotopic (exact) mass is 396 g/mol. The van der Waals surface area contributed by atoms with E-state index in [0.29, 0.717) is 17.5 Å². The van der Waals surface area contributed by atoms with Gasteiger partial charge in [0.05, 0.1) is 0 Å². The number of rotatable bonds is 6. The normalized spacial score (nSPS) is 19.4. The number of nitrogens with zero attached hydrogens (tertiary/aromatic N) is 1. The van der Waals surface area contributed by atoms with Gasteiger partial charge in [-0.3, -0.25) is 14.4 Å². The van der Waals surface area contributed by atoms with E-state index >= 15 is 0 Å². The van der Waals surface area contributed by atoms with Crippen LogP contribution in [0.5, 0.6) is 5.75 Å². The van der Waals surface area contributed by atoms with Gasteiger partial charge in [0.15, 0.2) is 22.0 Å². The summed E-state index contributed by atoms with van der Waals surface area (Å²) in [5.41, 5.74) is 0. The van der Waals surface area contributed by atoms with Gasteiger partial charge in [-0.15, -0.1) is 0 Å². The van der Waals surface area contributed by atoms with Crippen LogP contribution in [-0.4, -0.2) is 52.2 Å². The maximum Gasteiger partial charge on any atom is 1.00 e. The Morgan fingerprint density at radius 3 is 2.44 bits per heavy atom. The molecule has 25 heavy (non-hydrogen) atoms. The van der Waals surface area contributed by atoms with E-state index in [1.165, 1.54) is 0 Å². The summed E-state index contributed by atoms with van der Waals surface area (Å²) in [6.45, 7) is 0.746. The van der Waals surface area contributed by atoms with Crippen LogP contribution in [0.15, 0.2) is 30.3 Å². The van der Waals surface area contributed by atoms with Gasteiger partial charge in [-0.25, -0.2) is 12.7 Å². The second-order valence-electron chi connectivity index (χ2n) is 4.74. The van der Waals surface area contributed by atoms with Crippen molar-refractivity contribution in [1.29, 1.82) is 0 Å². The summed E-state index contributed by atoms with van der Waals surface area (Å²) in [5, 5.41) is 0.470. The third-order valence-corrected chi connectivity index (χ3v) is 5.04. The van der Waals surface area contributed by atoms with Crippen LogP contribution < -0.4 is 39.6 Å². The zero-order valence-corrected chi connectivity index (χ0v) is 17.0. The van der Waals surface area contributed by atoms with Crippen LogP contribution in [0.25, 0.3) is 0 Å². The van der Waals surface area contributed by atoms with E-state index in [1.807, 2.05) is 0 Å². The van der Waals surface area contributed by atoms with Gasteiger partial charge in [-0.2, -0.15) is 0 Å². The predicted octanol–water partition coefficient (Wildman–Crippen LogP) is -3.54. The summed E-state index contributed by atoms with van der Waals surface area (Å²) < 4.78 is 38.4. The summed E-state index contributed by atoms with van der Waals surface area (Å²) in [6, 6.07) is 7.15. The smallest absolute Gasteiger partial charge is 0.731 e. The van der Waals surface area contributed by atoms with E-state index in [1.54, 1.807) is 30.3 Å². The largest absolute Gasteiger partial charge is 1.00 e. The standard InChI is InChI=1S/C13H14N2O7S2.Na/c1-8(16)23-13-11(12(18)15(13)24(19,20)21)14-10(17)7-22-9-5-3-2-4-6-9;/h2-6,11,13H,7H2,1H3,(H,14,17)(H,19,20,21);/q;+1/p-1/t11-,13-;/m1./s1. The molecule has 2 amide bonds. The van der Waals surface area contributed by atoms with Crippen LogP contribution in [0.3, 0.4) is 0 Å². The number of β-lactam (4-membered cyclic amide) rings is 1. The SMILES string of the molecule is CC(=O)S[C@@H]1[C@H](NC(=O)COc2ccccc2)C(=O)N1S(=O)(=O)[O-].[Na+]. The topological polar surface area (TPSA) is 133 Å². The Labute approximate surface area is 170 Å². The van der Waals surface area contributed by atoms with Gasteiger partial charge in [0.25, 0.3) is 11.8 Å². The minimum atomic E-state index is -5.06. The molecule has 0 spiro atoms. The number of thioether (sulfide) groups is 1. The van der Waals surface area contributed by atoms with Gasteiger partial charge in [0, 0.05) is 6.92 Å². The van der Waals surface area contributed by atoms with Crippen molar-refractivity contribution in [3.63, 3.8) is 0 Å². The van der Waals surface area contributed by atoms with Crippen molar-refractivity contribution in [2.45, 2.75) is 18.3 Å². The van der Waals surface area contributed by atoms with Crippen molar-refractivity contribution in [2.75, 3.05) is 6.61 Å². The first kappa shape index (κ1) is 21.9. The van der Waals surface area contributed by atoms with Gasteiger partial charge in [-0.1, -0.05) is 30.0 Å². The Bertz CT molecular complexity index is 757. The third kappa shape index (κ3) is 5.69. The number of hydrogen-bond acceptors (Lipinski definition) is 8. The summed E-state index contributed by atoms with van der Waals surface area (Å²) in [6.07, 6.45) is 0. The molecule has 1 N–H and O–H groups in total. The number of carbonyl (C=O) groups is 3. The van der Waals surface area contributed by atoms with Crippen LogP contribution in [-0.2, 0) is 24.7 Å². The summed E-state index contributed by atoms with van der Waals surface area (Å²) in [4.78, 5) is 34.8. The van der Waals surface area contributed by atoms with Crippen LogP contribution in [0, 0.1) is 0 Å². The van der Waals surface area contributed by atoms with Gasteiger partial charge in [0.2, 0.25) is 0 Å². The van der Waals surface area contributed by atoms with E-state index in [4.69, 9.17) is 4.74 Å². The maximum atomic E-state index is 11.8. The Balaban J connectivity index is 0.00000312. The number of amides is 2. The molecule has 1 aliphatic heterocycles. The van der Waals surface area contributed by atoms with E-state index in [0.717, 1.165) is 6.92 Å². The second-order valence-corrected chi connectivity index (χ2v) is 7.28. The molecule has 2 rings (SSSR count). The molecule has 1 saturated heterocycles. The number of para-hydroxylation sites is 1. The molecule has 0 unspecified atom stereocenters. The molecular weight excluding hydrogens is 383 g/mol. The van der Waals surface area contributed by atoms with E-state index < -0.39 is 45.3 Å². The molecule has 1 aromatic rings. The Hall–Kier alpha value is -1.11. The Kier molecular flexibility index (Phi) is 7.90. The number of hydrogen-bond donors (Lipinski definition) is 1. The molecule has 0 bridgehead atoms. The van der Waals surface area contributed by atoms with E-state index in [-0.39, 0.29) is 33.9 Å². The summed E-state index contributed by atoms with van der Waals surface area (Å²) in [7, 11) is -5.06. The zero-order chi connectivity index (χ0) is 17.9. The Morgan fingerprint density at radius 1 is 1.32 bits per heavy atom. The van der Waals surface area contributed by atoms with E-state index in [9.17, 15) is 27.4 Å². The van der Waals surface area contributed by atoms with Crippen molar-refractivity contribution in [1.82, 2.24) is 9.62 Å². The third-order valence-electron chi connectivity index (χ3n) is 2.96. The molecule has 0 saturated carbocycles. The molecule has 2 atom stereocenters. The fourth-order valence-corrected chi connectivity index (χ4v) is 3.99. The average Bonchev–Trinajstić information content (AvgIpc) is 2.49. The van der Waals surface area contributed by atoms with Crippen molar-refractivity contribution in [3.8, 4) is 5.75 Å². The van der Waals surface area contributed by atoms with Crippen LogP contribution in [0.4, 0.5) is 0 Å². The zero-order valence-electron chi connectivity index (χ0n) is 13.4. The van der Waals surface area contributed by atoms with Crippen molar-refractivity contribution in [2.24, 2.45) is 0 Å². The van der Waals surface area contributed by atoms with Crippen LogP contribution >= 0.6 is 11.8 Å². The van der Waals surface area contributed by atoms with Crippen LogP contribution in [0.1, 0.15) is 6.92 Å². The number of carbonyl (C=O) groups excluding carboxylic acids is 3. The average molecular weight is 396 g/mol. The molecule has 130 valence electrons. The molecule has 1 aliphatic rings. The van der Waals surface area contributed by atoms with Crippen LogP contribution in [0.2, 0.25) is 0 Å². The second kappa shape index (κ2) is 9.01. The fraction of sp³-hybridized carbons (Fsp3) is 0.308. The molecule has 0 aromatic heterocycles. The fourth-order valence-electron chi connectivity index (χ4n) is 1.97. The van der Waals surface area contributed by atoms with Gasteiger partial charge in [0.1, 0.15) is 17.2 Å². The number of benzene rings is 1. The maximum absolute atomic E-state index is 11.8. The molecule has 0 aliphatic carbocycles. The van der Waals surface area contributed by atoms with Gasteiger partial charge in [-0.05, 0) is 12.1 Å². The minimum absolute atomic E-state index is 0.